The normalized spacial score (nSPS) is 12.0. The van der Waals surface area contributed by atoms with Gasteiger partial charge in [0.15, 0.2) is 0 Å². The van der Waals surface area contributed by atoms with Gasteiger partial charge in [0.1, 0.15) is 32.8 Å². The van der Waals surface area contributed by atoms with E-state index < -0.39 is 30.0 Å². The molecule has 0 aliphatic rings. The second-order valence-electron chi connectivity index (χ2n) is 10.3. The van der Waals surface area contributed by atoms with Gasteiger partial charge < -0.3 is 9.47 Å². The Morgan fingerprint density at radius 3 is 1.25 bits per heavy atom. The van der Waals surface area contributed by atoms with E-state index in [4.69, 9.17) is 9.47 Å². The topological polar surface area (TPSA) is 127 Å². The molecule has 2 N–H and O–H groups in total. The zero-order valence-electron chi connectivity index (χ0n) is 23.6. The smallest absolute Gasteiger partial charge is 0.295 e. The predicted molar refractivity (Wildman–Crippen MR) is 169 cm³/mol. The molecule has 0 heterocycles. The number of fused-ring (bicyclic) bond motifs is 2. The largest absolute Gasteiger partial charge is 0.457 e. The molecule has 0 atom stereocenters. The molecule has 0 saturated heterocycles. The van der Waals surface area contributed by atoms with Crippen molar-refractivity contribution in [2.24, 2.45) is 0 Å². The molecule has 6 aromatic rings. The van der Waals surface area contributed by atoms with Crippen LogP contribution in [0.4, 0.5) is 0 Å². The minimum absolute atomic E-state index is 0.0850. The van der Waals surface area contributed by atoms with Gasteiger partial charge in [0, 0.05) is 11.1 Å². The van der Waals surface area contributed by atoms with Gasteiger partial charge in [-0.25, -0.2) is 0 Å². The third-order valence-electron chi connectivity index (χ3n) is 7.35. The standard InChI is InChI=1S/C34H26O8S2/c1-21-7-3-5-9-29(21)41-25-13-15-27-23(19-25)11-17-31(43(35,36)37)33(27)34-28-16-14-26(42-30-10-6-4-8-22(30)2)20-24(28)12-18-32(34)44(38,39)40/h3-20H,1-2H3,(H,35,36,37)(H,38,39,40). The summed E-state index contributed by atoms with van der Waals surface area (Å²) in [7, 11) is -9.71. The fourth-order valence-electron chi connectivity index (χ4n) is 5.24. The monoisotopic (exact) mass is 626 g/mol. The van der Waals surface area contributed by atoms with E-state index in [0.717, 1.165) is 11.1 Å². The van der Waals surface area contributed by atoms with Crippen molar-refractivity contribution in [1.82, 2.24) is 0 Å². The first-order valence-electron chi connectivity index (χ1n) is 13.5. The summed E-state index contributed by atoms with van der Waals surface area (Å²) in [5.74, 6) is 2.19. The van der Waals surface area contributed by atoms with Crippen molar-refractivity contribution in [3.05, 3.63) is 120 Å². The van der Waals surface area contributed by atoms with Gasteiger partial charge in [-0.15, -0.1) is 0 Å². The third kappa shape index (κ3) is 5.63. The second-order valence-corrected chi connectivity index (χ2v) is 13.1. The van der Waals surface area contributed by atoms with E-state index in [2.05, 4.69) is 0 Å². The van der Waals surface area contributed by atoms with Crippen molar-refractivity contribution in [1.29, 1.82) is 0 Å². The van der Waals surface area contributed by atoms with Crippen molar-refractivity contribution >= 4 is 41.8 Å². The molecule has 0 amide bonds. The van der Waals surface area contributed by atoms with E-state index in [1.165, 1.54) is 24.3 Å². The molecular weight excluding hydrogens is 601 g/mol. The highest BCUT2D eigenvalue weighted by molar-refractivity contribution is 7.86. The molecule has 0 fully saturated rings. The fraction of sp³-hybridized carbons (Fsp3) is 0.0588. The first-order chi connectivity index (χ1) is 20.9. The van der Waals surface area contributed by atoms with Crippen LogP contribution in [-0.4, -0.2) is 25.9 Å². The molecule has 8 nitrogen and oxygen atoms in total. The Morgan fingerprint density at radius 1 is 0.500 bits per heavy atom. The molecule has 6 aromatic carbocycles. The van der Waals surface area contributed by atoms with E-state index in [9.17, 15) is 25.9 Å². The molecule has 0 bridgehead atoms. The van der Waals surface area contributed by atoms with E-state index in [0.29, 0.717) is 44.5 Å². The van der Waals surface area contributed by atoms with Crippen molar-refractivity contribution < 1.29 is 35.4 Å². The van der Waals surface area contributed by atoms with Gasteiger partial charge in [0.05, 0.1) is 0 Å². The van der Waals surface area contributed by atoms with Crippen LogP contribution in [0.2, 0.25) is 0 Å². The van der Waals surface area contributed by atoms with E-state index in [1.54, 1.807) is 36.4 Å². The summed E-state index contributed by atoms with van der Waals surface area (Å²) in [6, 6.07) is 30.1. The number of benzene rings is 6. The van der Waals surface area contributed by atoms with Crippen molar-refractivity contribution in [2.75, 3.05) is 0 Å². The average molecular weight is 627 g/mol. The molecule has 0 aliphatic heterocycles. The van der Waals surface area contributed by atoms with Crippen LogP contribution >= 0.6 is 0 Å². The van der Waals surface area contributed by atoms with Crippen LogP contribution in [0.5, 0.6) is 23.0 Å². The lowest BCUT2D eigenvalue weighted by molar-refractivity contribution is 0.479. The Hall–Kier alpha value is -4.74. The fourth-order valence-corrected chi connectivity index (χ4v) is 6.66. The maximum atomic E-state index is 12.7. The van der Waals surface area contributed by atoms with Crippen molar-refractivity contribution in [3.8, 4) is 34.1 Å². The van der Waals surface area contributed by atoms with E-state index in [1.807, 2.05) is 62.4 Å². The summed E-state index contributed by atoms with van der Waals surface area (Å²) in [4.78, 5) is -1.04. The van der Waals surface area contributed by atoms with Gasteiger partial charge in [-0.2, -0.15) is 16.8 Å². The summed E-state index contributed by atoms with van der Waals surface area (Å²) in [6.07, 6.45) is 0. The lowest BCUT2D eigenvalue weighted by atomic mass is 9.93. The summed E-state index contributed by atoms with van der Waals surface area (Å²) >= 11 is 0. The third-order valence-corrected chi connectivity index (χ3v) is 9.15. The zero-order valence-corrected chi connectivity index (χ0v) is 25.2. The lowest BCUT2D eigenvalue weighted by Gasteiger charge is -2.18. The Morgan fingerprint density at radius 2 is 0.886 bits per heavy atom. The maximum absolute atomic E-state index is 12.7. The van der Waals surface area contributed by atoms with Crippen LogP contribution in [0.3, 0.4) is 0 Å². The van der Waals surface area contributed by atoms with Crippen LogP contribution in [0.25, 0.3) is 32.7 Å². The Bertz CT molecular complexity index is 2150. The highest BCUT2D eigenvalue weighted by Gasteiger charge is 2.27. The minimum Gasteiger partial charge on any atom is -0.457 e. The summed E-state index contributed by atoms with van der Waals surface area (Å²) < 4.78 is 83.5. The van der Waals surface area contributed by atoms with Gasteiger partial charge >= 0.3 is 0 Å². The quantitative estimate of drug-likeness (QED) is 0.169. The Labute approximate surface area is 254 Å². The van der Waals surface area contributed by atoms with E-state index in [-0.39, 0.29) is 11.1 Å². The predicted octanol–water partition coefficient (Wildman–Crippen LogP) is 8.35. The van der Waals surface area contributed by atoms with Gasteiger partial charge in [-0.3, -0.25) is 9.11 Å². The van der Waals surface area contributed by atoms with Gasteiger partial charge in [0.2, 0.25) is 0 Å². The average Bonchev–Trinajstić information content (AvgIpc) is 2.97. The van der Waals surface area contributed by atoms with Crippen molar-refractivity contribution in [3.63, 3.8) is 0 Å². The van der Waals surface area contributed by atoms with Crippen molar-refractivity contribution in [2.45, 2.75) is 23.6 Å². The molecule has 0 unspecified atom stereocenters. The van der Waals surface area contributed by atoms with Crippen LogP contribution in [0, 0.1) is 13.8 Å². The first-order valence-corrected chi connectivity index (χ1v) is 16.3. The number of ether oxygens (including phenoxy) is 2. The SMILES string of the molecule is Cc1ccccc1Oc1ccc2c(-c3c(S(=O)(=O)O)ccc4cc(Oc5ccccc5C)ccc34)c(S(=O)(=O)O)ccc2c1. The maximum Gasteiger partial charge on any atom is 0.295 e. The Kier molecular flexibility index (Phi) is 7.38. The highest BCUT2D eigenvalue weighted by atomic mass is 32.2. The highest BCUT2D eigenvalue weighted by Crippen LogP contribution is 2.44. The first kappa shape index (κ1) is 29.3. The van der Waals surface area contributed by atoms with E-state index >= 15 is 0 Å². The Balaban J connectivity index is 1.60. The number of para-hydroxylation sites is 2. The molecule has 6 rings (SSSR count). The lowest BCUT2D eigenvalue weighted by Crippen LogP contribution is -2.06. The zero-order chi connectivity index (χ0) is 31.2. The van der Waals surface area contributed by atoms with Gasteiger partial charge in [0.25, 0.3) is 20.2 Å². The van der Waals surface area contributed by atoms with Crippen LogP contribution < -0.4 is 9.47 Å². The molecule has 0 radical (unpaired) electrons. The molecule has 222 valence electrons. The molecule has 0 aliphatic carbocycles. The summed E-state index contributed by atoms with van der Waals surface area (Å²) in [6.45, 7) is 3.81. The molecule has 0 saturated carbocycles. The van der Waals surface area contributed by atoms with Gasteiger partial charge in [-0.05, 0) is 95.1 Å². The van der Waals surface area contributed by atoms with Crippen LogP contribution in [0.1, 0.15) is 11.1 Å². The summed E-state index contributed by atoms with van der Waals surface area (Å²) in [5, 5.41) is 1.65. The minimum atomic E-state index is -4.85. The number of aryl methyl sites for hydroxylation is 2. The summed E-state index contributed by atoms with van der Waals surface area (Å²) in [5.41, 5.74) is 1.65. The number of hydrogen-bond donors (Lipinski definition) is 2. The van der Waals surface area contributed by atoms with Gasteiger partial charge in [-0.1, -0.05) is 60.7 Å². The molecule has 44 heavy (non-hydrogen) atoms. The van der Waals surface area contributed by atoms with Crippen LogP contribution in [0.15, 0.2) is 119 Å². The molecule has 10 heteroatoms. The molecule has 0 aromatic heterocycles. The molecule has 0 spiro atoms. The number of rotatable bonds is 7. The second kappa shape index (κ2) is 11.1. The van der Waals surface area contributed by atoms with Crippen LogP contribution in [-0.2, 0) is 20.2 Å². The molecular formula is C34H26O8S2. The number of hydrogen-bond acceptors (Lipinski definition) is 6.